The molecule has 1 aromatic rings. The van der Waals surface area contributed by atoms with E-state index in [-0.39, 0.29) is 0 Å². The zero-order valence-electron chi connectivity index (χ0n) is 15.3. The van der Waals surface area contributed by atoms with Crippen molar-refractivity contribution in [2.24, 2.45) is 11.8 Å². The van der Waals surface area contributed by atoms with E-state index in [1.807, 2.05) is 0 Å². The molecule has 3 aliphatic heterocycles. The molecule has 4 rings (SSSR count). The van der Waals surface area contributed by atoms with Gasteiger partial charge in [0.15, 0.2) is 5.82 Å². The number of alkyl halides is 2. The summed E-state index contributed by atoms with van der Waals surface area (Å²) < 4.78 is 29.3. The number of halogens is 2. The highest BCUT2D eigenvalue weighted by Crippen LogP contribution is 2.33. The molecule has 0 radical (unpaired) electrons. The molecule has 0 amide bonds. The monoisotopic (exact) mass is 367 g/mol. The zero-order chi connectivity index (χ0) is 18.1. The minimum absolute atomic E-state index is 0.341. The molecule has 0 aromatic carbocycles. The lowest BCUT2D eigenvalue weighted by Crippen LogP contribution is -2.35. The molecule has 26 heavy (non-hydrogen) atoms. The molecule has 4 heterocycles. The largest absolute Gasteiger partial charge is 0.374 e. The standard InChI is InChI=1S/C18H27F2N5O/c1-23-7-14-10-25(11-15(14)8-23)18-6-13-9-24(3-2-16(13)21-22-18)4-5-26-12-17(19)20/h6,14-15,17H,2-5,7-12H2,1H3/t14-,15+. The number of rotatable bonds is 6. The van der Waals surface area contributed by atoms with Crippen molar-refractivity contribution in [2.75, 3.05) is 64.4 Å². The van der Waals surface area contributed by atoms with Crippen LogP contribution in [-0.4, -0.2) is 86.0 Å². The highest BCUT2D eigenvalue weighted by molar-refractivity contribution is 5.43. The van der Waals surface area contributed by atoms with Gasteiger partial charge in [0.1, 0.15) is 6.61 Å². The van der Waals surface area contributed by atoms with Crippen LogP contribution < -0.4 is 4.90 Å². The second-order valence-electron chi connectivity index (χ2n) is 7.81. The Balaban J connectivity index is 1.34. The van der Waals surface area contributed by atoms with E-state index in [2.05, 4.69) is 38.0 Å². The van der Waals surface area contributed by atoms with Crippen LogP contribution in [0, 0.1) is 11.8 Å². The van der Waals surface area contributed by atoms with Crippen LogP contribution in [0.2, 0.25) is 0 Å². The van der Waals surface area contributed by atoms with Crippen molar-refractivity contribution >= 4 is 5.82 Å². The van der Waals surface area contributed by atoms with Crippen molar-refractivity contribution < 1.29 is 13.5 Å². The number of nitrogens with zero attached hydrogens (tertiary/aromatic N) is 5. The Kier molecular flexibility index (Phi) is 5.33. The highest BCUT2D eigenvalue weighted by atomic mass is 19.3. The van der Waals surface area contributed by atoms with Crippen LogP contribution in [0.3, 0.4) is 0 Å². The maximum Gasteiger partial charge on any atom is 0.261 e. The lowest BCUT2D eigenvalue weighted by molar-refractivity contribution is 0.00861. The van der Waals surface area contributed by atoms with Gasteiger partial charge in [-0.1, -0.05) is 0 Å². The fourth-order valence-corrected chi connectivity index (χ4v) is 4.50. The zero-order valence-corrected chi connectivity index (χ0v) is 15.3. The number of ether oxygens (including phenoxy) is 1. The molecule has 0 saturated carbocycles. The Morgan fingerprint density at radius 3 is 2.69 bits per heavy atom. The molecule has 3 aliphatic rings. The van der Waals surface area contributed by atoms with E-state index in [9.17, 15) is 8.78 Å². The Morgan fingerprint density at radius 2 is 1.96 bits per heavy atom. The van der Waals surface area contributed by atoms with Crippen molar-refractivity contribution in [1.29, 1.82) is 0 Å². The van der Waals surface area contributed by atoms with Crippen molar-refractivity contribution in [3.8, 4) is 0 Å². The summed E-state index contributed by atoms with van der Waals surface area (Å²) in [4.78, 5) is 7.03. The molecule has 6 nitrogen and oxygen atoms in total. The minimum Gasteiger partial charge on any atom is -0.374 e. The van der Waals surface area contributed by atoms with Gasteiger partial charge in [0.05, 0.1) is 12.3 Å². The van der Waals surface area contributed by atoms with E-state index in [1.165, 1.54) is 18.7 Å². The summed E-state index contributed by atoms with van der Waals surface area (Å²) in [7, 11) is 2.20. The van der Waals surface area contributed by atoms with Crippen LogP contribution in [0.5, 0.6) is 0 Å². The van der Waals surface area contributed by atoms with E-state index in [0.717, 1.165) is 55.9 Å². The average molecular weight is 367 g/mol. The quantitative estimate of drug-likeness (QED) is 0.702. The van der Waals surface area contributed by atoms with Crippen molar-refractivity contribution in [2.45, 2.75) is 19.4 Å². The molecule has 0 unspecified atom stereocenters. The first-order valence-electron chi connectivity index (χ1n) is 9.45. The SMILES string of the molecule is CN1C[C@@H]2CN(c3cc4c(nn3)CCN(CCOCC(F)F)C4)C[C@@H]2C1. The van der Waals surface area contributed by atoms with E-state index in [4.69, 9.17) is 4.74 Å². The Labute approximate surface area is 153 Å². The van der Waals surface area contributed by atoms with Gasteiger partial charge in [-0.25, -0.2) is 8.78 Å². The third-order valence-corrected chi connectivity index (χ3v) is 5.79. The van der Waals surface area contributed by atoms with E-state index in [0.29, 0.717) is 13.2 Å². The first-order chi connectivity index (χ1) is 12.6. The molecule has 1 aromatic heterocycles. The number of hydrogen-bond donors (Lipinski definition) is 0. The number of fused-ring (bicyclic) bond motifs is 2. The van der Waals surface area contributed by atoms with Gasteiger partial charge in [0.2, 0.25) is 0 Å². The molecule has 2 atom stereocenters. The van der Waals surface area contributed by atoms with Crippen LogP contribution in [0.4, 0.5) is 14.6 Å². The van der Waals surface area contributed by atoms with Crippen LogP contribution in [0.1, 0.15) is 11.3 Å². The molecule has 2 fully saturated rings. The summed E-state index contributed by atoms with van der Waals surface area (Å²) in [5, 5.41) is 8.94. The van der Waals surface area contributed by atoms with Crippen LogP contribution in [-0.2, 0) is 17.7 Å². The van der Waals surface area contributed by atoms with Gasteiger partial charge in [-0.05, 0) is 30.5 Å². The molecule has 2 saturated heterocycles. The maximum atomic E-state index is 12.1. The highest BCUT2D eigenvalue weighted by Gasteiger charge is 2.39. The third kappa shape index (κ3) is 3.97. The fourth-order valence-electron chi connectivity index (χ4n) is 4.50. The topological polar surface area (TPSA) is 44.7 Å². The number of likely N-dealkylation sites (tertiary alicyclic amines) is 1. The average Bonchev–Trinajstić information content (AvgIpc) is 3.15. The normalized spacial score (nSPS) is 26.5. The molecular weight excluding hydrogens is 340 g/mol. The Bertz CT molecular complexity index is 618. The van der Waals surface area contributed by atoms with Crippen LogP contribution in [0.25, 0.3) is 0 Å². The summed E-state index contributed by atoms with van der Waals surface area (Å²) in [6.45, 7) is 6.67. The Hall–Kier alpha value is -1.38. The third-order valence-electron chi connectivity index (χ3n) is 5.79. The van der Waals surface area contributed by atoms with Crippen molar-refractivity contribution in [1.82, 2.24) is 20.0 Å². The summed E-state index contributed by atoms with van der Waals surface area (Å²) in [6, 6.07) is 2.18. The molecule has 0 N–H and O–H groups in total. The second-order valence-corrected chi connectivity index (χ2v) is 7.81. The summed E-state index contributed by atoms with van der Waals surface area (Å²) in [5.41, 5.74) is 2.28. The van der Waals surface area contributed by atoms with Gasteiger partial charge in [-0.15, -0.1) is 5.10 Å². The van der Waals surface area contributed by atoms with Gasteiger partial charge < -0.3 is 14.5 Å². The summed E-state index contributed by atoms with van der Waals surface area (Å²) in [5.74, 6) is 2.46. The predicted octanol–water partition coefficient (Wildman–Crippen LogP) is 1.11. The smallest absolute Gasteiger partial charge is 0.261 e. The molecule has 0 bridgehead atoms. The second kappa shape index (κ2) is 7.70. The predicted molar refractivity (Wildman–Crippen MR) is 94.5 cm³/mol. The fraction of sp³-hybridized carbons (Fsp3) is 0.778. The van der Waals surface area contributed by atoms with Gasteiger partial charge in [0, 0.05) is 52.2 Å². The van der Waals surface area contributed by atoms with Crippen LogP contribution in [0.15, 0.2) is 6.07 Å². The lowest BCUT2D eigenvalue weighted by Gasteiger charge is -2.29. The van der Waals surface area contributed by atoms with Crippen molar-refractivity contribution in [3.05, 3.63) is 17.3 Å². The summed E-state index contributed by atoms with van der Waals surface area (Å²) >= 11 is 0. The minimum atomic E-state index is -2.39. The molecule has 0 spiro atoms. The Morgan fingerprint density at radius 1 is 1.19 bits per heavy atom. The first-order valence-corrected chi connectivity index (χ1v) is 9.45. The molecule has 144 valence electrons. The number of anilines is 1. The van der Waals surface area contributed by atoms with E-state index >= 15 is 0 Å². The summed E-state index contributed by atoms with van der Waals surface area (Å²) in [6.07, 6.45) is -1.54. The molecule has 8 heteroatoms. The first kappa shape index (κ1) is 18.0. The maximum absolute atomic E-state index is 12.1. The van der Waals surface area contributed by atoms with Gasteiger partial charge in [0.25, 0.3) is 6.43 Å². The van der Waals surface area contributed by atoms with Gasteiger partial charge in [-0.3, -0.25) is 4.90 Å². The van der Waals surface area contributed by atoms with Gasteiger partial charge >= 0.3 is 0 Å². The van der Waals surface area contributed by atoms with Crippen molar-refractivity contribution in [3.63, 3.8) is 0 Å². The van der Waals surface area contributed by atoms with Gasteiger partial charge in [-0.2, -0.15) is 5.10 Å². The van der Waals surface area contributed by atoms with Crippen LogP contribution >= 0.6 is 0 Å². The molecular formula is C18H27F2N5O. The van der Waals surface area contributed by atoms with E-state index < -0.39 is 13.0 Å². The lowest BCUT2D eigenvalue weighted by atomic mass is 10.0. The molecule has 0 aliphatic carbocycles. The number of aromatic nitrogens is 2. The van der Waals surface area contributed by atoms with E-state index in [1.54, 1.807) is 0 Å². The number of hydrogen-bond acceptors (Lipinski definition) is 6.